The maximum absolute atomic E-state index is 12.7. The van der Waals surface area contributed by atoms with Crippen molar-refractivity contribution in [3.8, 4) is 11.5 Å². The second-order valence-electron chi connectivity index (χ2n) is 8.03. The lowest BCUT2D eigenvalue weighted by atomic mass is 9.88. The number of nitrogens with zero attached hydrogens (tertiary/aromatic N) is 4. The smallest absolute Gasteiger partial charge is 0.340 e. The monoisotopic (exact) mass is 422 g/mol. The van der Waals surface area contributed by atoms with Gasteiger partial charge in [-0.1, -0.05) is 24.4 Å². The van der Waals surface area contributed by atoms with Gasteiger partial charge in [-0.2, -0.15) is 18.2 Å². The van der Waals surface area contributed by atoms with Crippen LogP contribution in [0.3, 0.4) is 0 Å². The summed E-state index contributed by atoms with van der Waals surface area (Å²) in [6.45, 7) is 3.35. The van der Waals surface area contributed by atoms with Gasteiger partial charge >= 0.3 is 6.18 Å². The normalized spacial score (nSPS) is 19.2. The van der Waals surface area contributed by atoms with Crippen LogP contribution in [-0.2, 0) is 17.5 Å². The number of piperazine rings is 1. The third-order valence-corrected chi connectivity index (χ3v) is 5.93. The second kappa shape index (κ2) is 8.75. The van der Waals surface area contributed by atoms with Crippen molar-refractivity contribution in [2.45, 2.75) is 44.8 Å². The van der Waals surface area contributed by atoms with E-state index in [1.165, 1.54) is 18.6 Å². The van der Waals surface area contributed by atoms with E-state index in [1.54, 1.807) is 0 Å². The summed E-state index contributed by atoms with van der Waals surface area (Å²) in [5, 5.41) is 3.95. The van der Waals surface area contributed by atoms with Crippen LogP contribution in [0.25, 0.3) is 11.5 Å². The number of rotatable bonds is 4. The quantitative estimate of drug-likeness (QED) is 0.746. The molecule has 1 aliphatic heterocycles. The maximum atomic E-state index is 12.7. The number of hydrogen-bond acceptors (Lipinski definition) is 5. The number of benzene rings is 1. The Kier molecular flexibility index (Phi) is 6.08. The summed E-state index contributed by atoms with van der Waals surface area (Å²) in [4.78, 5) is 21.1. The van der Waals surface area contributed by atoms with E-state index in [2.05, 4.69) is 15.0 Å². The van der Waals surface area contributed by atoms with Gasteiger partial charge in [0.2, 0.25) is 5.91 Å². The molecule has 1 saturated heterocycles. The van der Waals surface area contributed by atoms with Gasteiger partial charge in [-0.3, -0.25) is 9.69 Å². The summed E-state index contributed by atoms with van der Waals surface area (Å²) in [5.41, 5.74) is -0.267. The van der Waals surface area contributed by atoms with Crippen molar-refractivity contribution in [2.24, 2.45) is 5.92 Å². The molecule has 1 aromatic heterocycles. The molecule has 0 radical (unpaired) electrons. The molecule has 2 heterocycles. The first-order chi connectivity index (χ1) is 14.4. The van der Waals surface area contributed by atoms with Crippen LogP contribution < -0.4 is 0 Å². The minimum Gasteiger partial charge on any atom is -0.340 e. The summed E-state index contributed by atoms with van der Waals surface area (Å²) < 4.78 is 43.3. The van der Waals surface area contributed by atoms with Gasteiger partial charge in [0.1, 0.15) is 0 Å². The third-order valence-electron chi connectivity index (χ3n) is 5.93. The van der Waals surface area contributed by atoms with Crippen molar-refractivity contribution in [3.63, 3.8) is 0 Å². The van der Waals surface area contributed by atoms with Gasteiger partial charge in [-0.25, -0.2) is 0 Å². The minimum absolute atomic E-state index is 0.189. The lowest BCUT2D eigenvalue weighted by Crippen LogP contribution is -2.50. The Labute approximate surface area is 173 Å². The summed E-state index contributed by atoms with van der Waals surface area (Å²) in [7, 11) is 0. The molecule has 1 saturated carbocycles. The highest BCUT2D eigenvalue weighted by molar-refractivity contribution is 5.79. The molecule has 4 rings (SSSR count). The molecule has 0 unspecified atom stereocenters. The zero-order valence-electron chi connectivity index (χ0n) is 16.7. The van der Waals surface area contributed by atoms with E-state index in [0.717, 1.165) is 50.9 Å². The molecule has 0 N–H and O–H groups in total. The van der Waals surface area contributed by atoms with Gasteiger partial charge in [0.05, 0.1) is 12.1 Å². The number of halogens is 3. The first-order valence-corrected chi connectivity index (χ1v) is 10.4. The number of aromatic nitrogens is 2. The lowest BCUT2D eigenvalue weighted by Gasteiger charge is -2.36. The van der Waals surface area contributed by atoms with Gasteiger partial charge in [-0.05, 0) is 37.1 Å². The number of carbonyl (C=O) groups excluding carboxylic acids is 1. The Morgan fingerprint density at radius 2 is 1.70 bits per heavy atom. The van der Waals surface area contributed by atoms with E-state index in [-0.39, 0.29) is 11.8 Å². The van der Waals surface area contributed by atoms with Gasteiger partial charge in [0.25, 0.3) is 5.89 Å². The van der Waals surface area contributed by atoms with Crippen molar-refractivity contribution in [3.05, 3.63) is 35.7 Å². The van der Waals surface area contributed by atoms with E-state index < -0.39 is 11.7 Å². The van der Waals surface area contributed by atoms with Crippen molar-refractivity contribution < 1.29 is 22.5 Å². The van der Waals surface area contributed by atoms with Crippen LogP contribution >= 0.6 is 0 Å². The molecule has 0 atom stereocenters. The number of amides is 1. The van der Waals surface area contributed by atoms with E-state index in [1.807, 2.05) is 4.90 Å². The molecular weight excluding hydrogens is 397 g/mol. The van der Waals surface area contributed by atoms with Crippen LogP contribution in [0.1, 0.15) is 43.5 Å². The van der Waals surface area contributed by atoms with Crippen molar-refractivity contribution >= 4 is 5.91 Å². The molecule has 9 heteroatoms. The summed E-state index contributed by atoms with van der Waals surface area (Å²) >= 11 is 0. The van der Waals surface area contributed by atoms with Crippen molar-refractivity contribution in [2.75, 3.05) is 26.2 Å². The zero-order valence-corrected chi connectivity index (χ0v) is 16.7. The predicted molar refractivity (Wildman–Crippen MR) is 103 cm³/mol. The fraction of sp³-hybridized carbons (Fsp3) is 0.571. The SMILES string of the molecule is O=C(C1CCCCC1)N1CCN(Cc2noc(-c3ccc(C(F)(F)F)cc3)n2)CC1. The van der Waals surface area contributed by atoms with Gasteiger partial charge < -0.3 is 9.42 Å². The highest BCUT2D eigenvalue weighted by Crippen LogP contribution is 2.30. The average Bonchev–Trinajstić information content (AvgIpc) is 3.22. The van der Waals surface area contributed by atoms with Crippen LogP contribution in [-0.4, -0.2) is 52.0 Å². The predicted octanol–water partition coefficient (Wildman–Crippen LogP) is 3.98. The number of hydrogen-bond donors (Lipinski definition) is 0. The molecule has 6 nitrogen and oxygen atoms in total. The first kappa shape index (κ1) is 20.8. The molecule has 2 aromatic rings. The highest BCUT2D eigenvalue weighted by Gasteiger charge is 2.31. The van der Waals surface area contributed by atoms with Crippen molar-refractivity contribution in [1.29, 1.82) is 0 Å². The zero-order chi connectivity index (χ0) is 21.1. The minimum atomic E-state index is -4.38. The Morgan fingerprint density at radius 3 is 2.33 bits per heavy atom. The maximum Gasteiger partial charge on any atom is 0.416 e. The van der Waals surface area contributed by atoms with Crippen LogP contribution in [0, 0.1) is 5.92 Å². The third kappa shape index (κ3) is 4.83. The topological polar surface area (TPSA) is 62.5 Å². The Hall–Kier alpha value is -2.42. The van der Waals surface area contributed by atoms with Crippen LogP contribution in [0.4, 0.5) is 13.2 Å². The standard InChI is InChI=1S/C21H25F3N4O2/c22-21(23,24)17-8-6-15(7-9-17)19-25-18(26-30-19)14-27-10-12-28(13-11-27)20(29)16-4-2-1-3-5-16/h6-9,16H,1-5,10-14H2. The largest absolute Gasteiger partial charge is 0.416 e. The Bertz CT molecular complexity index is 852. The molecule has 0 bridgehead atoms. The van der Waals surface area contributed by atoms with E-state index in [4.69, 9.17) is 4.52 Å². The highest BCUT2D eigenvalue weighted by atomic mass is 19.4. The molecule has 0 spiro atoms. The van der Waals surface area contributed by atoms with E-state index >= 15 is 0 Å². The number of alkyl halides is 3. The summed E-state index contributed by atoms with van der Waals surface area (Å²) in [6, 6.07) is 4.66. The van der Waals surface area contributed by atoms with Crippen LogP contribution in [0.5, 0.6) is 0 Å². The number of carbonyl (C=O) groups is 1. The molecule has 1 aromatic carbocycles. The molecule has 1 aliphatic carbocycles. The Balaban J connectivity index is 1.30. The molecule has 2 fully saturated rings. The average molecular weight is 422 g/mol. The lowest BCUT2D eigenvalue weighted by molar-refractivity contribution is -0.138. The molecule has 2 aliphatic rings. The van der Waals surface area contributed by atoms with E-state index in [9.17, 15) is 18.0 Å². The molecular formula is C21H25F3N4O2. The first-order valence-electron chi connectivity index (χ1n) is 10.4. The summed E-state index contributed by atoms with van der Waals surface area (Å²) in [5.74, 6) is 1.16. The summed E-state index contributed by atoms with van der Waals surface area (Å²) in [6.07, 6.45) is 1.17. The van der Waals surface area contributed by atoms with Crippen molar-refractivity contribution in [1.82, 2.24) is 19.9 Å². The van der Waals surface area contributed by atoms with Gasteiger partial charge in [-0.15, -0.1) is 0 Å². The van der Waals surface area contributed by atoms with Gasteiger partial charge in [0, 0.05) is 37.7 Å². The molecule has 30 heavy (non-hydrogen) atoms. The second-order valence-corrected chi connectivity index (χ2v) is 8.03. The molecule has 162 valence electrons. The fourth-order valence-electron chi connectivity index (χ4n) is 4.17. The van der Waals surface area contributed by atoms with Gasteiger partial charge in [0.15, 0.2) is 5.82 Å². The van der Waals surface area contributed by atoms with Crippen LogP contribution in [0.15, 0.2) is 28.8 Å². The molecule has 1 amide bonds. The van der Waals surface area contributed by atoms with Crippen LogP contribution in [0.2, 0.25) is 0 Å². The Morgan fingerprint density at radius 1 is 1.03 bits per heavy atom. The fourth-order valence-corrected chi connectivity index (χ4v) is 4.17. The van der Waals surface area contributed by atoms with E-state index in [0.29, 0.717) is 36.9 Å².